The van der Waals surface area contributed by atoms with Gasteiger partial charge in [-0.2, -0.15) is 0 Å². The van der Waals surface area contributed by atoms with Crippen LogP contribution in [0.2, 0.25) is 0 Å². The van der Waals surface area contributed by atoms with Gasteiger partial charge in [-0.25, -0.2) is 4.79 Å². The second-order valence-electron chi connectivity index (χ2n) is 5.36. The normalized spacial score (nSPS) is 19.6. The maximum Gasteiger partial charge on any atom is 0.314 e. The molecule has 0 aromatic carbocycles. The highest BCUT2D eigenvalue weighted by molar-refractivity contribution is 5.73. The average molecular weight is 286 g/mol. The minimum Gasteiger partial charge on any atom is -0.481 e. The van der Waals surface area contributed by atoms with Gasteiger partial charge in [0.25, 0.3) is 0 Å². The number of urea groups is 1. The van der Waals surface area contributed by atoms with Crippen molar-refractivity contribution in [3.05, 3.63) is 0 Å². The number of ether oxygens (including phenoxy) is 1. The Bertz CT molecular complexity index is 304. The molecule has 0 radical (unpaired) electrons. The summed E-state index contributed by atoms with van der Waals surface area (Å²) in [6.45, 7) is 4.81. The number of aliphatic carboxylic acids is 1. The molecule has 6 heteroatoms. The topological polar surface area (TPSA) is 87.7 Å². The van der Waals surface area contributed by atoms with Crippen molar-refractivity contribution in [2.75, 3.05) is 26.3 Å². The van der Waals surface area contributed by atoms with E-state index in [1.165, 1.54) is 0 Å². The lowest BCUT2D eigenvalue weighted by molar-refractivity contribution is -0.137. The highest BCUT2D eigenvalue weighted by Gasteiger charge is 2.16. The molecule has 2 atom stereocenters. The van der Waals surface area contributed by atoms with Gasteiger partial charge in [-0.05, 0) is 25.2 Å². The summed E-state index contributed by atoms with van der Waals surface area (Å²) < 4.78 is 5.24. The summed E-state index contributed by atoms with van der Waals surface area (Å²) in [4.78, 5) is 22.1. The van der Waals surface area contributed by atoms with Crippen LogP contribution in [0, 0.1) is 11.8 Å². The molecule has 0 saturated carbocycles. The molecule has 0 aromatic heterocycles. The molecule has 1 fully saturated rings. The molecule has 1 rings (SSSR count). The molecule has 20 heavy (non-hydrogen) atoms. The third-order valence-electron chi connectivity index (χ3n) is 3.76. The number of hydrogen-bond donors (Lipinski definition) is 3. The van der Waals surface area contributed by atoms with Gasteiger partial charge in [-0.1, -0.05) is 13.3 Å². The quantitative estimate of drug-likeness (QED) is 0.601. The van der Waals surface area contributed by atoms with Crippen LogP contribution in [0.1, 0.15) is 39.0 Å². The van der Waals surface area contributed by atoms with Crippen molar-refractivity contribution in [2.24, 2.45) is 11.8 Å². The Hall–Kier alpha value is -1.30. The van der Waals surface area contributed by atoms with E-state index in [1.807, 2.05) is 6.92 Å². The number of rotatable bonds is 9. The Morgan fingerprint density at radius 2 is 2.15 bits per heavy atom. The number of carboxylic acid groups (broad SMARTS) is 1. The summed E-state index contributed by atoms with van der Waals surface area (Å²) in [6.07, 6.45) is 3.65. The lowest BCUT2D eigenvalue weighted by atomic mass is 9.97. The van der Waals surface area contributed by atoms with E-state index in [9.17, 15) is 9.59 Å². The van der Waals surface area contributed by atoms with Crippen molar-refractivity contribution in [2.45, 2.75) is 39.0 Å². The predicted octanol–water partition coefficient (Wildman–Crippen LogP) is 1.60. The average Bonchev–Trinajstić information content (AvgIpc) is 2.93. The van der Waals surface area contributed by atoms with Gasteiger partial charge in [0.1, 0.15) is 0 Å². The molecule has 0 spiro atoms. The van der Waals surface area contributed by atoms with Crippen LogP contribution in [-0.2, 0) is 9.53 Å². The Morgan fingerprint density at radius 1 is 1.35 bits per heavy atom. The zero-order chi connectivity index (χ0) is 14.8. The van der Waals surface area contributed by atoms with E-state index in [1.54, 1.807) is 0 Å². The third kappa shape index (κ3) is 7.33. The van der Waals surface area contributed by atoms with Crippen molar-refractivity contribution < 1.29 is 19.4 Å². The summed E-state index contributed by atoms with van der Waals surface area (Å²) in [5.41, 5.74) is 0. The van der Waals surface area contributed by atoms with Crippen molar-refractivity contribution in [1.29, 1.82) is 0 Å². The van der Waals surface area contributed by atoms with E-state index in [-0.39, 0.29) is 12.5 Å². The Balaban J connectivity index is 2.05. The second-order valence-corrected chi connectivity index (χ2v) is 5.36. The molecule has 1 saturated heterocycles. The molecule has 116 valence electrons. The molecule has 2 unspecified atom stereocenters. The van der Waals surface area contributed by atoms with Gasteiger partial charge < -0.3 is 20.5 Å². The van der Waals surface area contributed by atoms with E-state index >= 15 is 0 Å². The third-order valence-corrected chi connectivity index (χ3v) is 3.76. The maximum absolute atomic E-state index is 11.6. The van der Waals surface area contributed by atoms with Gasteiger partial charge in [0.05, 0.1) is 6.61 Å². The van der Waals surface area contributed by atoms with Crippen LogP contribution >= 0.6 is 0 Å². The van der Waals surface area contributed by atoms with Crippen LogP contribution in [-0.4, -0.2) is 43.4 Å². The van der Waals surface area contributed by atoms with Gasteiger partial charge in [-0.3, -0.25) is 4.79 Å². The summed E-state index contributed by atoms with van der Waals surface area (Å²) in [5.74, 6) is 0.0299. The smallest absolute Gasteiger partial charge is 0.314 e. The molecular weight excluding hydrogens is 260 g/mol. The van der Waals surface area contributed by atoms with Crippen LogP contribution < -0.4 is 10.6 Å². The Morgan fingerprint density at radius 3 is 2.75 bits per heavy atom. The molecule has 0 bridgehead atoms. The van der Waals surface area contributed by atoms with Crippen LogP contribution in [0.4, 0.5) is 4.79 Å². The largest absolute Gasteiger partial charge is 0.481 e. The fourth-order valence-electron chi connectivity index (χ4n) is 2.31. The molecule has 1 aliphatic rings. The van der Waals surface area contributed by atoms with Crippen LogP contribution in [0.15, 0.2) is 0 Å². The van der Waals surface area contributed by atoms with Gasteiger partial charge in [0.2, 0.25) is 0 Å². The van der Waals surface area contributed by atoms with Crippen molar-refractivity contribution in [1.82, 2.24) is 10.6 Å². The number of hydrogen-bond acceptors (Lipinski definition) is 3. The van der Waals surface area contributed by atoms with Gasteiger partial charge in [0, 0.05) is 32.0 Å². The predicted molar refractivity (Wildman–Crippen MR) is 75.6 cm³/mol. The first-order chi connectivity index (χ1) is 9.61. The molecular formula is C14H26N2O4. The van der Waals surface area contributed by atoms with Crippen LogP contribution in [0.25, 0.3) is 0 Å². The highest BCUT2D eigenvalue weighted by atomic mass is 16.5. The Labute approximate surface area is 120 Å². The summed E-state index contributed by atoms with van der Waals surface area (Å²) >= 11 is 0. The van der Waals surface area contributed by atoms with Gasteiger partial charge >= 0.3 is 12.0 Å². The van der Waals surface area contributed by atoms with Crippen molar-refractivity contribution >= 4 is 12.0 Å². The van der Waals surface area contributed by atoms with Crippen LogP contribution in [0.5, 0.6) is 0 Å². The molecule has 0 aliphatic carbocycles. The molecule has 0 aromatic rings. The summed E-state index contributed by atoms with van der Waals surface area (Å²) in [6, 6.07) is -0.148. The molecule has 1 aliphatic heterocycles. The minimum absolute atomic E-state index is 0.148. The van der Waals surface area contributed by atoms with E-state index < -0.39 is 5.97 Å². The van der Waals surface area contributed by atoms with Crippen LogP contribution in [0.3, 0.4) is 0 Å². The lowest BCUT2D eigenvalue weighted by Gasteiger charge is -2.15. The standard InChI is InChI=1S/C14H26N2O4/c1-2-11(3-4-13(17)18)5-7-15-14(19)16-9-12-6-8-20-10-12/h11-12H,2-10H2,1H3,(H,17,18)(H2,15,16,19). The fourth-order valence-corrected chi connectivity index (χ4v) is 2.31. The molecule has 1 heterocycles. The number of nitrogens with one attached hydrogen (secondary N) is 2. The van der Waals surface area contributed by atoms with Crippen molar-refractivity contribution in [3.8, 4) is 0 Å². The monoisotopic (exact) mass is 286 g/mol. The van der Waals surface area contributed by atoms with E-state index in [0.29, 0.717) is 31.3 Å². The fraction of sp³-hybridized carbons (Fsp3) is 0.857. The Kier molecular flexibility index (Phi) is 8.02. The number of carbonyl (C=O) groups is 2. The van der Waals surface area contributed by atoms with Gasteiger partial charge in [0.15, 0.2) is 0 Å². The van der Waals surface area contributed by atoms with Crippen molar-refractivity contribution in [3.63, 3.8) is 0 Å². The minimum atomic E-state index is -0.757. The van der Waals surface area contributed by atoms with E-state index in [0.717, 1.165) is 32.5 Å². The number of carbonyl (C=O) groups excluding carboxylic acids is 1. The highest BCUT2D eigenvalue weighted by Crippen LogP contribution is 2.14. The first-order valence-electron chi connectivity index (χ1n) is 7.43. The van der Waals surface area contributed by atoms with Gasteiger partial charge in [-0.15, -0.1) is 0 Å². The summed E-state index contributed by atoms with van der Waals surface area (Å²) in [5, 5.41) is 14.3. The zero-order valence-electron chi connectivity index (χ0n) is 12.2. The summed E-state index contributed by atoms with van der Waals surface area (Å²) in [7, 11) is 0. The molecule has 2 amide bonds. The first-order valence-corrected chi connectivity index (χ1v) is 7.43. The number of carboxylic acids is 1. The second kappa shape index (κ2) is 9.58. The lowest BCUT2D eigenvalue weighted by Crippen LogP contribution is -2.39. The molecule has 3 N–H and O–H groups in total. The number of amides is 2. The van der Waals surface area contributed by atoms with E-state index in [4.69, 9.17) is 9.84 Å². The van der Waals surface area contributed by atoms with E-state index in [2.05, 4.69) is 10.6 Å². The molecule has 6 nitrogen and oxygen atoms in total. The SMILES string of the molecule is CCC(CCNC(=O)NCC1CCOC1)CCC(=O)O. The zero-order valence-corrected chi connectivity index (χ0v) is 12.2. The first kappa shape index (κ1) is 16.8. The maximum atomic E-state index is 11.6.